The van der Waals surface area contributed by atoms with Crippen molar-refractivity contribution in [2.45, 2.75) is 25.2 Å². The average Bonchev–Trinajstić information content (AvgIpc) is 2.81. The number of aliphatic hydroxyl groups excluding tert-OH is 1. The third-order valence-electron chi connectivity index (χ3n) is 2.84. The van der Waals surface area contributed by atoms with Gasteiger partial charge in [0.1, 0.15) is 6.23 Å². The number of H-pyrrole nitrogens is 1. The number of halogens is 1. The predicted octanol–water partition coefficient (Wildman–Crippen LogP) is 0.572. The number of aliphatic hydroxyl groups is 1. The highest BCUT2D eigenvalue weighted by atomic mass is 79.9. The molecular weight excluding hydrogens is 304 g/mol. The number of aromatic amines is 1. The molecule has 2 atom stereocenters. The van der Waals surface area contributed by atoms with Gasteiger partial charge in [0.15, 0.2) is 0 Å². The molecule has 0 aliphatic carbocycles. The van der Waals surface area contributed by atoms with Crippen LogP contribution in [0.5, 0.6) is 0 Å². The van der Waals surface area contributed by atoms with Crippen LogP contribution in [0.2, 0.25) is 0 Å². The third-order valence-corrected chi connectivity index (χ3v) is 3.10. The number of nitrogens with zero attached hydrogens (tertiary/aromatic N) is 1. The van der Waals surface area contributed by atoms with E-state index in [1.807, 2.05) is 0 Å². The first-order valence-corrected chi connectivity index (χ1v) is 6.46. The summed E-state index contributed by atoms with van der Waals surface area (Å²) in [7, 11) is 0. The summed E-state index contributed by atoms with van der Waals surface area (Å²) in [6.07, 6.45) is 3.65. The molecule has 0 radical (unpaired) electrons. The van der Waals surface area contributed by atoms with E-state index in [9.17, 15) is 9.59 Å². The maximum absolute atomic E-state index is 11.7. The van der Waals surface area contributed by atoms with Crippen LogP contribution in [0.15, 0.2) is 20.8 Å². The van der Waals surface area contributed by atoms with Gasteiger partial charge in [-0.1, -0.05) is 15.9 Å². The zero-order valence-electron chi connectivity index (χ0n) is 9.51. The number of ether oxygens (including phenoxy) is 1. The smallest absolute Gasteiger partial charge is 0.330 e. The Hall–Kier alpha value is -1.18. The lowest BCUT2D eigenvalue weighted by Crippen LogP contribution is -2.33. The largest absolute Gasteiger partial charge is 0.394 e. The second-order valence-corrected chi connectivity index (χ2v) is 4.54. The highest BCUT2D eigenvalue weighted by molar-refractivity contribution is 9.11. The van der Waals surface area contributed by atoms with Crippen molar-refractivity contribution in [1.82, 2.24) is 9.55 Å². The van der Waals surface area contributed by atoms with Crippen LogP contribution < -0.4 is 11.2 Å². The van der Waals surface area contributed by atoms with Gasteiger partial charge in [0, 0.05) is 6.20 Å². The molecule has 0 amide bonds. The van der Waals surface area contributed by atoms with Gasteiger partial charge in [-0.25, -0.2) is 4.79 Å². The number of aromatic nitrogens is 2. The molecule has 1 aliphatic heterocycles. The van der Waals surface area contributed by atoms with Crippen molar-refractivity contribution >= 4 is 22.0 Å². The molecule has 0 saturated carbocycles. The maximum atomic E-state index is 11.7. The molecule has 2 N–H and O–H groups in total. The number of hydrogen-bond acceptors (Lipinski definition) is 4. The van der Waals surface area contributed by atoms with Crippen LogP contribution in [0, 0.1) is 0 Å². The number of nitrogens with one attached hydrogen (secondary N) is 1. The highest BCUT2D eigenvalue weighted by Crippen LogP contribution is 2.26. The Balaban J connectivity index is 2.36. The number of rotatable bonds is 3. The molecule has 1 aromatic heterocycles. The molecule has 18 heavy (non-hydrogen) atoms. The van der Waals surface area contributed by atoms with Crippen molar-refractivity contribution < 1.29 is 9.84 Å². The summed E-state index contributed by atoms with van der Waals surface area (Å²) >= 11 is 3.08. The first-order valence-electron chi connectivity index (χ1n) is 5.54. The second kappa shape index (κ2) is 5.64. The fourth-order valence-electron chi connectivity index (χ4n) is 1.93. The first-order chi connectivity index (χ1) is 8.65. The fourth-order valence-corrected chi connectivity index (χ4v) is 2.21. The Kier molecular flexibility index (Phi) is 4.15. The van der Waals surface area contributed by atoms with Crippen LogP contribution in [0.1, 0.15) is 24.6 Å². The normalized spacial score (nSPS) is 23.9. The third kappa shape index (κ3) is 2.63. The molecule has 7 heteroatoms. The van der Waals surface area contributed by atoms with E-state index >= 15 is 0 Å². The van der Waals surface area contributed by atoms with Gasteiger partial charge >= 0.3 is 5.69 Å². The quantitative estimate of drug-likeness (QED) is 0.854. The van der Waals surface area contributed by atoms with Gasteiger partial charge < -0.3 is 9.84 Å². The van der Waals surface area contributed by atoms with E-state index in [1.54, 1.807) is 11.1 Å². The van der Waals surface area contributed by atoms with Crippen molar-refractivity contribution in [2.75, 3.05) is 6.61 Å². The zero-order chi connectivity index (χ0) is 13.1. The van der Waals surface area contributed by atoms with E-state index in [0.717, 1.165) is 0 Å². The Morgan fingerprint density at radius 3 is 2.94 bits per heavy atom. The Bertz CT molecular complexity index is 563. The lowest BCUT2D eigenvalue weighted by Gasteiger charge is -2.14. The van der Waals surface area contributed by atoms with Gasteiger partial charge in [-0.2, -0.15) is 0 Å². The summed E-state index contributed by atoms with van der Waals surface area (Å²) in [5.74, 6) is 0. The monoisotopic (exact) mass is 316 g/mol. The van der Waals surface area contributed by atoms with Gasteiger partial charge in [0.25, 0.3) is 5.56 Å². The van der Waals surface area contributed by atoms with E-state index in [1.165, 1.54) is 10.8 Å². The molecule has 1 fully saturated rings. The molecular formula is C11H13BrN2O4. The zero-order valence-corrected chi connectivity index (χ0v) is 11.1. The van der Waals surface area contributed by atoms with Gasteiger partial charge in [0.05, 0.1) is 18.3 Å². The molecule has 0 aromatic carbocycles. The minimum absolute atomic E-state index is 0.0667. The summed E-state index contributed by atoms with van der Waals surface area (Å²) < 4.78 is 6.85. The Morgan fingerprint density at radius 2 is 2.33 bits per heavy atom. The fraction of sp³-hybridized carbons (Fsp3) is 0.455. The average molecular weight is 317 g/mol. The van der Waals surface area contributed by atoms with Gasteiger partial charge in [-0.3, -0.25) is 14.3 Å². The van der Waals surface area contributed by atoms with Crippen LogP contribution >= 0.6 is 15.9 Å². The molecule has 1 saturated heterocycles. The molecule has 0 unspecified atom stereocenters. The van der Waals surface area contributed by atoms with E-state index in [4.69, 9.17) is 9.84 Å². The maximum Gasteiger partial charge on any atom is 0.330 e. The van der Waals surface area contributed by atoms with Gasteiger partial charge in [-0.15, -0.1) is 0 Å². The summed E-state index contributed by atoms with van der Waals surface area (Å²) in [4.78, 5) is 27.0. The Morgan fingerprint density at radius 1 is 1.56 bits per heavy atom. The van der Waals surface area contributed by atoms with Crippen LogP contribution in [-0.4, -0.2) is 27.4 Å². The molecule has 2 rings (SSSR count). The van der Waals surface area contributed by atoms with E-state index < -0.39 is 17.5 Å². The second-order valence-electron chi connectivity index (χ2n) is 4.02. The standard InChI is InChI=1S/C11H13BrN2O4/c12-4-3-7-5-14(11(17)13-10(7)16)9-2-1-8(6-15)18-9/h3-5,8-9,15H,1-2,6H2,(H,13,16,17)/b4-3+/t8-,9+/m0/s1. The van der Waals surface area contributed by atoms with Crippen LogP contribution in [0.25, 0.3) is 6.08 Å². The molecule has 98 valence electrons. The molecule has 0 spiro atoms. The summed E-state index contributed by atoms with van der Waals surface area (Å²) in [5.41, 5.74) is -0.582. The van der Waals surface area contributed by atoms with Crippen molar-refractivity contribution in [1.29, 1.82) is 0 Å². The SMILES string of the molecule is O=c1[nH]c(=O)n([C@H]2CC[C@@H](CO)O2)cc1/C=C/Br. The van der Waals surface area contributed by atoms with Gasteiger partial charge in [-0.05, 0) is 23.9 Å². The van der Waals surface area contributed by atoms with E-state index in [2.05, 4.69) is 20.9 Å². The topological polar surface area (TPSA) is 84.3 Å². The predicted molar refractivity (Wildman–Crippen MR) is 69.5 cm³/mol. The van der Waals surface area contributed by atoms with Crippen LogP contribution in [0.4, 0.5) is 0 Å². The lowest BCUT2D eigenvalue weighted by atomic mass is 10.2. The van der Waals surface area contributed by atoms with Crippen molar-refractivity contribution in [3.05, 3.63) is 37.6 Å². The highest BCUT2D eigenvalue weighted by Gasteiger charge is 2.26. The van der Waals surface area contributed by atoms with Crippen LogP contribution in [0.3, 0.4) is 0 Å². The minimum atomic E-state index is -0.504. The summed E-state index contributed by atoms with van der Waals surface area (Å²) in [6, 6.07) is 0. The molecule has 1 aromatic rings. The molecule has 0 bridgehead atoms. The van der Waals surface area contributed by atoms with E-state index in [-0.39, 0.29) is 12.7 Å². The summed E-state index contributed by atoms with van der Waals surface area (Å²) in [5, 5.41) is 9.00. The molecule has 6 nitrogen and oxygen atoms in total. The molecule has 2 heterocycles. The lowest BCUT2D eigenvalue weighted by molar-refractivity contribution is -0.0246. The summed E-state index contributed by atoms with van der Waals surface area (Å²) in [6.45, 7) is -0.0667. The molecule has 1 aliphatic rings. The van der Waals surface area contributed by atoms with Crippen LogP contribution in [-0.2, 0) is 4.74 Å². The Labute approximate surface area is 111 Å². The first kappa shape index (κ1) is 13.3. The van der Waals surface area contributed by atoms with E-state index in [0.29, 0.717) is 18.4 Å². The van der Waals surface area contributed by atoms with Gasteiger partial charge in [0.2, 0.25) is 0 Å². The minimum Gasteiger partial charge on any atom is -0.394 e. The van der Waals surface area contributed by atoms with Crippen molar-refractivity contribution in [3.8, 4) is 0 Å². The van der Waals surface area contributed by atoms with Crippen molar-refractivity contribution in [3.63, 3.8) is 0 Å². The number of hydrogen-bond donors (Lipinski definition) is 2. The van der Waals surface area contributed by atoms with Crippen molar-refractivity contribution in [2.24, 2.45) is 0 Å².